The minimum absolute atomic E-state index is 0.102. The molecule has 0 aliphatic carbocycles. The van der Waals surface area contributed by atoms with Gasteiger partial charge in [0.25, 0.3) is 0 Å². The molecule has 0 spiro atoms. The molecule has 0 unspecified atom stereocenters. The van der Waals surface area contributed by atoms with Crippen LogP contribution in [0.1, 0.15) is 0 Å². The van der Waals surface area contributed by atoms with E-state index in [2.05, 4.69) is 4.98 Å². The second-order valence-corrected chi connectivity index (χ2v) is 2.20. The molecule has 1 aromatic heterocycles. The molecular formula is C7H7N3O3. The SMILES string of the molecule is Nc1ccn(/C=C/C(=O)O)c(=O)n1. The molecule has 13 heavy (non-hydrogen) atoms. The Balaban J connectivity index is 3.04. The monoisotopic (exact) mass is 181 g/mol. The number of hydrogen-bond acceptors (Lipinski definition) is 4. The van der Waals surface area contributed by atoms with Crippen LogP contribution in [0.3, 0.4) is 0 Å². The van der Waals surface area contributed by atoms with Gasteiger partial charge in [0.15, 0.2) is 0 Å². The molecule has 68 valence electrons. The van der Waals surface area contributed by atoms with Gasteiger partial charge in [-0.15, -0.1) is 0 Å². The van der Waals surface area contributed by atoms with Gasteiger partial charge in [-0.2, -0.15) is 4.98 Å². The van der Waals surface area contributed by atoms with E-state index in [1.807, 2.05) is 0 Å². The molecule has 0 saturated heterocycles. The van der Waals surface area contributed by atoms with Crippen molar-refractivity contribution in [3.8, 4) is 0 Å². The maximum Gasteiger partial charge on any atom is 0.353 e. The van der Waals surface area contributed by atoms with Gasteiger partial charge in [-0.3, -0.25) is 4.57 Å². The van der Waals surface area contributed by atoms with Crippen LogP contribution in [-0.2, 0) is 4.79 Å². The predicted molar refractivity (Wildman–Crippen MR) is 45.9 cm³/mol. The predicted octanol–water partition coefficient (Wildman–Crippen LogP) is -0.619. The highest BCUT2D eigenvalue weighted by Gasteiger charge is 1.93. The zero-order valence-corrected chi connectivity index (χ0v) is 6.54. The number of aliphatic carboxylic acids is 1. The standard InChI is InChI=1S/C7H7N3O3/c8-5-1-3-10(7(13)9-5)4-2-6(11)12/h1-4H,(H,11,12)(H2,8,9,13)/b4-2+. The van der Waals surface area contributed by atoms with Crippen LogP contribution >= 0.6 is 0 Å². The molecule has 0 aromatic carbocycles. The summed E-state index contributed by atoms with van der Waals surface area (Å²) >= 11 is 0. The van der Waals surface area contributed by atoms with E-state index in [1.165, 1.54) is 12.3 Å². The molecule has 6 heteroatoms. The first-order valence-corrected chi connectivity index (χ1v) is 3.35. The number of carboxylic acid groups (broad SMARTS) is 1. The van der Waals surface area contributed by atoms with Crippen molar-refractivity contribution in [3.05, 3.63) is 28.8 Å². The highest BCUT2D eigenvalue weighted by molar-refractivity contribution is 5.82. The van der Waals surface area contributed by atoms with Crippen LogP contribution in [0, 0.1) is 0 Å². The fraction of sp³-hybridized carbons (Fsp3) is 0. The van der Waals surface area contributed by atoms with Crippen LogP contribution in [0.15, 0.2) is 23.1 Å². The van der Waals surface area contributed by atoms with Gasteiger partial charge in [-0.1, -0.05) is 0 Å². The van der Waals surface area contributed by atoms with E-state index in [1.54, 1.807) is 0 Å². The van der Waals surface area contributed by atoms with E-state index in [4.69, 9.17) is 10.8 Å². The topological polar surface area (TPSA) is 98.2 Å². The average molecular weight is 181 g/mol. The summed E-state index contributed by atoms with van der Waals surface area (Å²) in [4.78, 5) is 24.5. The summed E-state index contributed by atoms with van der Waals surface area (Å²) in [6.45, 7) is 0. The smallest absolute Gasteiger partial charge is 0.353 e. The van der Waals surface area contributed by atoms with Crippen LogP contribution in [-0.4, -0.2) is 20.6 Å². The van der Waals surface area contributed by atoms with Gasteiger partial charge >= 0.3 is 11.7 Å². The molecule has 0 aliphatic rings. The largest absolute Gasteiger partial charge is 0.478 e. The number of nitrogens with zero attached hydrogens (tertiary/aromatic N) is 2. The van der Waals surface area contributed by atoms with E-state index in [-0.39, 0.29) is 5.82 Å². The average Bonchev–Trinajstić information content (AvgIpc) is 2.02. The van der Waals surface area contributed by atoms with Crippen LogP contribution < -0.4 is 11.4 Å². The summed E-state index contributed by atoms with van der Waals surface area (Å²) in [6.07, 6.45) is 3.26. The maximum absolute atomic E-state index is 11.0. The Morgan fingerprint density at radius 3 is 2.92 bits per heavy atom. The molecule has 6 nitrogen and oxygen atoms in total. The van der Waals surface area contributed by atoms with E-state index >= 15 is 0 Å². The third-order valence-corrected chi connectivity index (χ3v) is 1.23. The van der Waals surface area contributed by atoms with Crippen molar-refractivity contribution >= 4 is 18.0 Å². The van der Waals surface area contributed by atoms with Crippen molar-refractivity contribution in [1.82, 2.24) is 9.55 Å². The summed E-state index contributed by atoms with van der Waals surface area (Å²) in [6, 6.07) is 1.40. The molecule has 0 bridgehead atoms. The number of carbonyl (C=O) groups is 1. The quantitative estimate of drug-likeness (QED) is 0.592. The van der Waals surface area contributed by atoms with Gasteiger partial charge in [0, 0.05) is 18.5 Å². The molecule has 1 aromatic rings. The Morgan fingerprint density at radius 1 is 1.69 bits per heavy atom. The number of nitrogen functional groups attached to an aromatic ring is 1. The molecule has 1 rings (SSSR count). The number of carboxylic acids is 1. The van der Waals surface area contributed by atoms with Gasteiger partial charge in [-0.25, -0.2) is 9.59 Å². The zero-order chi connectivity index (χ0) is 9.84. The fourth-order valence-corrected chi connectivity index (χ4v) is 0.683. The molecule has 3 N–H and O–H groups in total. The lowest BCUT2D eigenvalue weighted by molar-refractivity contribution is -0.131. The minimum Gasteiger partial charge on any atom is -0.478 e. The van der Waals surface area contributed by atoms with Crippen LogP contribution in [0.25, 0.3) is 6.20 Å². The highest BCUT2D eigenvalue weighted by Crippen LogP contribution is 1.89. The first-order chi connectivity index (χ1) is 6.09. The molecule has 0 fully saturated rings. The first kappa shape index (κ1) is 8.98. The number of hydrogen-bond donors (Lipinski definition) is 2. The summed E-state index contributed by atoms with van der Waals surface area (Å²) < 4.78 is 1.02. The van der Waals surface area contributed by atoms with Crippen LogP contribution in [0.2, 0.25) is 0 Å². The van der Waals surface area contributed by atoms with Crippen molar-refractivity contribution in [2.45, 2.75) is 0 Å². The van der Waals surface area contributed by atoms with Crippen molar-refractivity contribution in [2.24, 2.45) is 0 Å². The molecule has 1 heterocycles. The summed E-state index contributed by atoms with van der Waals surface area (Å²) in [5, 5.41) is 8.27. The Morgan fingerprint density at radius 2 is 2.38 bits per heavy atom. The lowest BCUT2D eigenvalue weighted by Gasteiger charge is -1.95. The third kappa shape index (κ3) is 2.44. The van der Waals surface area contributed by atoms with Gasteiger partial charge in [0.05, 0.1) is 0 Å². The second-order valence-electron chi connectivity index (χ2n) is 2.20. The molecule has 0 atom stereocenters. The summed E-state index contributed by atoms with van der Waals surface area (Å²) in [7, 11) is 0. The maximum atomic E-state index is 11.0. The Kier molecular flexibility index (Phi) is 2.44. The second kappa shape index (κ2) is 3.53. The van der Waals surface area contributed by atoms with E-state index < -0.39 is 11.7 Å². The Bertz CT molecular complexity index is 408. The van der Waals surface area contributed by atoms with E-state index in [9.17, 15) is 9.59 Å². The minimum atomic E-state index is -1.14. The fourth-order valence-electron chi connectivity index (χ4n) is 0.683. The normalized spacial score (nSPS) is 10.5. The molecule has 0 radical (unpaired) electrons. The van der Waals surface area contributed by atoms with Crippen molar-refractivity contribution in [1.29, 1.82) is 0 Å². The number of anilines is 1. The lowest BCUT2D eigenvalue weighted by atomic mass is 10.5. The summed E-state index contributed by atoms with van der Waals surface area (Å²) in [5.74, 6) is -1.03. The molecule has 0 amide bonds. The molecule has 0 aliphatic heterocycles. The summed E-state index contributed by atoms with van der Waals surface area (Å²) in [5.41, 5.74) is 4.61. The van der Waals surface area contributed by atoms with E-state index in [0.717, 1.165) is 16.8 Å². The van der Waals surface area contributed by atoms with Gasteiger partial charge in [0.2, 0.25) is 0 Å². The first-order valence-electron chi connectivity index (χ1n) is 3.35. The molecule has 0 saturated carbocycles. The Labute approximate surface area is 72.9 Å². The van der Waals surface area contributed by atoms with Gasteiger partial charge < -0.3 is 10.8 Å². The number of rotatable bonds is 2. The number of nitrogens with two attached hydrogens (primary N) is 1. The lowest BCUT2D eigenvalue weighted by Crippen LogP contribution is -2.19. The van der Waals surface area contributed by atoms with E-state index in [0.29, 0.717) is 0 Å². The van der Waals surface area contributed by atoms with Crippen LogP contribution in [0.4, 0.5) is 5.82 Å². The van der Waals surface area contributed by atoms with Crippen molar-refractivity contribution in [3.63, 3.8) is 0 Å². The van der Waals surface area contributed by atoms with Crippen molar-refractivity contribution < 1.29 is 9.90 Å². The Hall–Kier alpha value is -2.11. The number of aromatic nitrogens is 2. The zero-order valence-electron chi connectivity index (χ0n) is 6.54. The van der Waals surface area contributed by atoms with Crippen molar-refractivity contribution in [2.75, 3.05) is 5.73 Å². The van der Waals surface area contributed by atoms with Gasteiger partial charge in [-0.05, 0) is 6.07 Å². The van der Waals surface area contributed by atoms with Crippen LogP contribution in [0.5, 0.6) is 0 Å². The molecular weight excluding hydrogens is 174 g/mol. The highest BCUT2D eigenvalue weighted by atomic mass is 16.4. The third-order valence-electron chi connectivity index (χ3n) is 1.23. The van der Waals surface area contributed by atoms with Gasteiger partial charge in [0.1, 0.15) is 5.82 Å².